The molecule has 90 valence electrons. The third-order valence-corrected chi connectivity index (χ3v) is 4.62. The lowest BCUT2D eigenvalue weighted by atomic mass is 10.3. The van der Waals surface area contributed by atoms with Crippen LogP contribution in [-0.4, -0.2) is 44.9 Å². The second kappa shape index (κ2) is 3.66. The lowest BCUT2D eigenvalue weighted by Gasteiger charge is -2.06. The molecular weight excluding hydrogens is 242 g/mol. The Hall–Kier alpha value is -1.70. The lowest BCUT2D eigenvalue weighted by Crippen LogP contribution is -2.11. The summed E-state index contributed by atoms with van der Waals surface area (Å²) in [5, 5.41) is 10.7. The molecular formula is C9H11N5O2S. The molecule has 8 heteroatoms. The van der Waals surface area contributed by atoms with Gasteiger partial charge in [-0.15, -0.1) is 0 Å². The van der Waals surface area contributed by atoms with Crippen LogP contribution in [0.4, 0.5) is 0 Å². The number of nitrogens with one attached hydrogen (secondary N) is 1. The quantitative estimate of drug-likeness (QED) is 0.814. The summed E-state index contributed by atoms with van der Waals surface area (Å²) in [6.45, 7) is 0. The van der Waals surface area contributed by atoms with Crippen molar-refractivity contribution in [2.45, 2.75) is 12.5 Å². The third kappa shape index (κ3) is 1.95. The summed E-state index contributed by atoms with van der Waals surface area (Å²) in [5.74, 6) is 1.05. The first-order valence-electron chi connectivity index (χ1n) is 5.24. The summed E-state index contributed by atoms with van der Waals surface area (Å²) in [7, 11) is -2.88. The van der Waals surface area contributed by atoms with Crippen molar-refractivity contribution in [1.82, 2.24) is 25.0 Å². The van der Waals surface area contributed by atoms with E-state index < -0.39 is 9.84 Å². The maximum absolute atomic E-state index is 11.4. The average Bonchev–Trinajstić information content (AvgIpc) is 2.93. The minimum absolute atomic E-state index is 0.0586. The van der Waals surface area contributed by atoms with Crippen LogP contribution in [-0.2, 0) is 9.84 Å². The number of hydrogen-bond donors (Lipinski definition) is 1. The van der Waals surface area contributed by atoms with Crippen LogP contribution in [0.25, 0.3) is 11.4 Å². The van der Waals surface area contributed by atoms with Crippen LogP contribution in [0.15, 0.2) is 18.7 Å². The zero-order valence-corrected chi connectivity index (χ0v) is 9.76. The van der Waals surface area contributed by atoms with Gasteiger partial charge >= 0.3 is 0 Å². The zero-order chi connectivity index (χ0) is 11.9. The predicted molar refractivity (Wildman–Crippen MR) is 59.9 cm³/mol. The second-order valence-corrected chi connectivity index (χ2v) is 6.33. The highest BCUT2D eigenvalue weighted by Gasteiger charge is 2.29. The van der Waals surface area contributed by atoms with E-state index >= 15 is 0 Å². The van der Waals surface area contributed by atoms with Crippen molar-refractivity contribution in [3.63, 3.8) is 0 Å². The number of aromatic nitrogens is 5. The van der Waals surface area contributed by atoms with Gasteiger partial charge in [-0.3, -0.25) is 9.78 Å². The molecule has 1 unspecified atom stereocenters. The third-order valence-electron chi connectivity index (χ3n) is 2.87. The van der Waals surface area contributed by atoms with Gasteiger partial charge in [-0.2, -0.15) is 10.2 Å². The van der Waals surface area contributed by atoms with E-state index in [1.807, 2.05) is 0 Å². The van der Waals surface area contributed by atoms with Gasteiger partial charge < -0.3 is 0 Å². The van der Waals surface area contributed by atoms with Crippen LogP contribution >= 0.6 is 0 Å². The topological polar surface area (TPSA) is 93.5 Å². The fourth-order valence-electron chi connectivity index (χ4n) is 1.99. The van der Waals surface area contributed by atoms with E-state index in [-0.39, 0.29) is 17.5 Å². The molecule has 0 aliphatic carbocycles. The molecule has 17 heavy (non-hydrogen) atoms. The highest BCUT2D eigenvalue weighted by molar-refractivity contribution is 7.91. The molecule has 1 N–H and O–H groups in total. The Morgan fingerprint density at radius 1 is 1.47 bits per heavy atom. The highest BCUT2D eigenvalue weighted by atomic mass is 32.2. The molecule has 1 aliphatic rings. The van der Waals surface area contributed by atoms with Crippen molar-refractivity contribution in [1.29, 1.82) is 0 Å². The molecule has 1 aliphatic heterocycles. The van der Waals surface area contributed by atoms with Crippen LogP contribution < -0.4 is 0 Å². The molecule has 0 radical (unpaired) electrons. The molecule has 0 aromatic carbocycles. The molecule has 1 fully saturated rings. The fraction of sp³-hybridized carbons (Fsp3) is 0.444. The molecule has 1 atom stereocenters. The van der Waals surface area contributed by atoms with E-state index in [1.54, 1.807) is 17.1 Å². The van der Waals surface area contributed by atoms with Gasteiger partial charge in [0.25, 0.3) is 0 Å². The summed E-state index contributed by atoms with van der Waals surface area (Å²) in [6, 6.07) is -0.0586. The highest BCUT2D eigenvalue weighted by Crippen LogP contribution is 2.24. The van der Waals surface area contributed by atoms with Crippen molar-refractivity contribution in [3.8, 4) is 11.4 Å². The number of hydrogen-bond acceptors (Lipinski definition) is 5. The van der Waals surface area contributed by atoms with Gasteiger partial charge in [0.1, 0.15) is 6.33 Å². The molecule has 3 rings (SSSR count). The van der Waals surface area contributed by atoms with E-state index in [2.05, 4.69) is 20.3 Å². The monoisotopic (exact) mass is 253 g/mol. The van der Waals surface area contributed by atoms with Gasteiger partial charge in [0, 0.05) is 6.20 Å². The van der Waals surface area contributed by atoms with Crippen molar-refractivity contribution >= 4 is 9.84 Å². The van der Waals surface area contributed by atoms with Gasteiger partial charge in [0.2, 0.25) is 0 Å². The SMILES string of the molecule is O=S1(=O)CCC(n2cc(-c3ncn[nH]3)cn2)C1. The van der Waals surface area contributed by atoms with E-state index in [9.17, 15) is 8.42 Å². The number of nitrogens with zero attached hydrogens (tertiary/aromatic N) is 4. The zero-order valence-electron chi connectivity index (χ0n) is 8.94. The Morgan fingerprint density at radius 2 is 2.35 bits per heavy atom. The molecule has 3 heterocycles. The number of H-pyrrole nitrogens is 1. The first kappa shape index (κ1) is 10.5. The van der Waals surface area contributed by atoms with Gasteiger partial charge in [-0.05, 0) is 6.42 Å². The Morgan fingerprint density at radius 3 is 3.00 bits per heavy atom. The van der Waals surface area contributed by atoms with Crippen LogP contribution in [0.2, 0.25) is 0 Å². The van der Waals surface area contributed by atoms with E-state index in [0.29, 0.717) is 12.2 Å². The van der Waals surface area contributed by atoms with Crippen molar-refractivity contribution < 1.29 is 8.42 Å². The largest absolute Gasteiger partial charge is 0.268 e. The lowest BCUT2D eigenvalue weighted by molar-refractivity contribution is 0.500. The minimum atomic E-state index is -2.88. The van der Waals surface area contributed by atoms with Gasteiger partial charge in [0.15, 0.2) is 15.7 Å². The summed E-state index contributed by atoms with van der Waals surface area (Å²) in [5.41, 5.74) is 0.812. The summed E-state index contributed by atoms with van der Waals surface area (Å²) >= 11 is 0. The summed E-state index contributed by atoms with van der Waals surface area (Å²) < 4.78 is 24.5. The summed E-state index contributed by atoms with van der Waals surface area (Å²) in [4.78, 5) is 4.02. The molecule has 0 amide bonds. The smallest absolute Gasteiger partial charge is 0.158 e. The first-order chi connectivity index (χ1) is 8.14. The standard InChI is InChI=1S/C9H11N5O2S/c15-17(16)2-1-8(5-17)14-4-7(3-12-14)9-10-6-11-13-9/h3-4,6,8H,1-2,5H2,(H,10,11,13). The minimum Gasteiger partial charge on any atom is -0.268 e. The van der Waals surface area contributed by atoms with Crippen molar-refractivity contribution in [3.05, 3.63) is 18.7 Å². The molecule has 0 saturated carbocycles. The Labute approximate surface area is 97.8 Å². The van der Waals surface area contributed by atoms with E-state index in [1.165, 1.54) is 6.33 Å². The van der Waals surface area contributed by atoms with Crippen LogP contribution in [0.3, 0.4) is 0 Å². The van der Waals surface area contributed by atoms with Gasteiger partial charge in [0.05, 0.1) is 29.3 Å². The number of aromatic amines is 1. The fourth-order valence-corrected chi connectivity index (χ4v) is 3.69. The first-order valence-corrected chi connectivity index (χ1v) is 7.06. The molecule has 7 nitrogen and oxygen atoms in total. The normalized spacial score (nSPS) is 22.9. The molecule has 2 aromatic heterocycles. The van der Waals surface area contributed by atoms with Gasteiger partial charge in [-0.1, -0.05) is 0 Å². The average molecular weight is 253 g/mol. The molecule has 0 bridgehead atoms. The predicted octanol–water partition coefficient (Wildman–Crippen LogP) is 0.0278. The molecule has 1 saturated heterocycles. The van der Waals surface area contributed by atoms with E-state index in [4.69, 9.17) is 0 Å². The van der Waals surface area contributed by atoms with Crippen molar-refractivity contribution in [2.24, 2.45) is 0 Å². The summed E-state index contributed by atoms with van der Waals surface area (Å²) in [6.07, 6.45) is 5.50. The van der Waals surface area contributed by atoms with Crippen LogP contribution in [0.1, 0.15) is 12.5 Å². The maximum atomic E-state index is 11.4. The van der Waals surface area contributed by atoms with E-state index in [0.717, 1.165) is 5.56 Å². The number of sulfone groups is 1. The Kier molecular flexibility index (Phi) is 2.25. The Balaban J connectivity index is 1.87. The number of rotatable bonds is 2. The van der Waals surface area contributed by atoms with Crippen molar-refractivity contribution in [2.75, 3.05) is 11.5 Å². The van der Waals surface area contributed by atoms with Crippen LogP contribution in [0, 0.1) is 0 Å². The molecule has 0 spiro atoms. The Bertz CT molecular complexity index is 616. The second-order valence-electron chi connectivity index (χ2n) is 4.10. The maximum Gasteiger partial charge on any atom is 0.158 e. The molecule has 2 aromatic rings. The van der Waals surface area contributed by atoms with Gasteiger partial charge in [-0.25, -0.2) is 13.4 Å². The van der Waals surface area contributed by atoms with Crippen LogP contribution in [0.5, 0.6) is 0 Å².